The van der Waals surface area contributed by atoms with Gasteiger partial charge >= 0.3 is 0 Å². The second-order valence-electron chi connectivity index (χ2n) is 8.41. The molecule has 0 spiro atoms. The van der Waals surface area contributed by atoms with Crippen LogP contribution in [0.15, 0.2) is 48.5 Å². The minimum Gasteiger partial charge on any atom is -0.381 e. The minimum absolute atomic E-state index is 0.0593. The van der Waals surface area contributed by atoms with Gasteiger partial charge < -0.3 is 10.1 Å². The van der Waals surface area contributed by atoms with Crippen molar-refractivity contribution in [3.8, 4) is 0 Å². The first-order valence-electron chi connectivity index (χ1n) is 9.53. The van der Waals surface area contributed by atoms with E-state index in [4.69, 9.17) is 4.74 Å². The molecular weight excluding hydrogens is 341 g/mol. The predicted molar refractivity (Wildman–Crippen MR) is 106 cm³/mol. The summed E-state index contributed by atoms with van der Waals surface area (Å²) in [4.78, 5) is 12.7. The summed E-state index contributed by atoms with van der Waals surface area (Å²) in [6, 6.07) is 14.4. The summed E-state index contributed by atoms with van der Waals surface area (Å²) in [6.45, 7) is 8.27. The van der Waals surface area contributed by atoms with Gasteiger partial charge in [-0.2, -0.15) is 0 Å². The standard InChI is InChI=1S/C23H28FNO2/c1-22(2,3)18-6-4-17(5-7-18)21(26)25-16-23(12-14-27-15-13-23)19-8-10-20(24)11-9-19/h4-11H,12-16H2,1-3H3,(H,25,26). The van der Waals surface area contributed by atoms with E-state index in [1.807, 2.05) is 36.4 Å². The summed E-state index contributed by atoms with van der Waals surface area (Å²) in [5.74, 6) is -0.327. The quantitative estimate of drug-likeness (QED) is 0.855. The highest BCUT2D eigenvalue weighted by Gasteiger charge is 2.35. The summed E-state index contributed by atoms with van der Waals surface area (Å²) in [5.41, 5.74) is 2.75. The van der Waals surface area contributed by atoms with E-state index in [0.29, 0.717) is 25.3 Å². The fraction of sp³-hybridized carbons (Fsp3) is 0.435. The molecule has 3 rings (SSSR count). The topological polar surface area (TPSA) is 38.3 Å². The lowest BCUT2D eigenvalue weighted by Gasteiger charge is -2.38. The Kier molecular flexibility index (Phi) is 5.66. The zero-order valence-corrected chi connectivity index (χ0v) is 16.3. The van der Waals surface area contributed by atoms with Gasteiger partial charge in [-0.15, -0.1) is 0 Å². The van der Waals surface area contributed by atoms with Crippen LogP contribution in [-0.4, -0.2) is 25.7 Å². The van der Waals surface area contributed by atoms with Crippen LogP contribution in [0.25, 0.3) is 0 Å². The molecule has 1 saturated heterocycles. The first-order valence-corrected chi connectivity index (χ1v) is 9.53. The van der Waals surface area contributed by atoms with E-state index in [2.05, 4.69) is 26.1 Å². The van der Waals surface area contributed by atoms with Gasteiger partial charge in [0.2, 0.25) is 0 Å². The second kappa shape index (κ2) is 7.81. The highest BCUT2D eigenvalue weighted by Crippen LogP contribution is 2.34. The number of ether oxygens (including phenoxy) is 1. The molecule has 0 saturated carbocycles. The molecule has 0 unspecified atom stereocenters. The van der Waals surface area contributed by atoms with E-state index < -0.39 is 0 Å². The lowest BCUT2D eigenvalue weighted by atomic mass is 9.74. The Morgan fingerprint density at radius 2 is 1.63 bits per heavy atom. The molecule has 1 fully saturated rings. The van der Waals surface area contributed by atoms with E-state index in [9.17, 15) is 9.18 Å². The average molecular weight is 369 g/mol. The van der Waals surface area contributed by atoms with Crippen molar-refractivity contribution < 1.29 is 13.9 Å². The van der Waals surface area contributed by atoms with Crippen LogP contribution in [0.2, 0.25) is 0 Å². The largest absolute Gasteiger partial charge is 0.381 e. The fourth-order valence-corrected chi connectivity index (χ4v) is 3.61. The van der Waals surface area contributed by atoms with Crippen molar-refractivity contribution in [2.45, 2.75) is 44.4 Å². The van der Waals surface area contributed by atoms with E-state index in [1.54, 1.807) is 0 Å². The van der Waals surface area contributed by atoms with E-state index in [1.165, 1.54) is 17.7 Å². The maximum atomic E-state index is 13.3. The number of hydrogen-bond donors (Lipinski definition) is 1. The molecule has 2 aromatic carbocycles. The molecule has 1 aliphatic rings. The molecular formula is C23H28FNO2. The van der Waals surface area contributed by atoms with Crippen molar-refractivity contribution in [2.24, 2.45) is 0 Å². The minimum atomic E-state index is -0.246. The third-order valence-electron chi connectivity index (χ3n) is 5.51. The van der Waals surface area contributed by atoms with Crippen molar-refractivity contribution >= 4 is 5.91 Å². The molecule has 4 heteroatoms. The van der Waals surface area contributed by atoms with Gasteiger partial charge in [-0.05, 0) is 53.6 Å². The third kappa shape index (κ3) is 4.56. The van der Waals surface area contributed by atoms with Crippen LogP contribution < -0.4 is 5.32 Å². The lowest BCUT2D eigenvalue weighted by molar-refractivity contribution is 0.0487. The number of carbonyl (C=O) groups is 1. The summed E-state index contributed by atoms with van der Waals surface area (Å²) in [7, 11) is 0. The average Bonchev–Trinajstić information content (AvgIpc) is 2.67. The van der Waals surface area contributed by atoms with Gasteiger partial charge in [0.25, 0.3) is 5.91 Å². The molecule has 3 nitrogen and oxygen atoms in total. The van der Waals surface area contributed by atoms with Crippen LogP contribution >= 0.6 is 0 Å². The number of amides is 1. The van der Waals surface area contributed by atoms with Crippen molar-refractivity contribution in [1.82, 2.24) is 5.32 Å². The summed E-state index contributed by atoms with van der Waals surface area (Å²) in [5, 5.41) is 3.09. The van der Waals surface area contributed by atoms with Gasteiger partial charge in [-0.25, -0.2) is 4.39 Å². The molecule has 2 aromatic rings. The normalized spacial score (nSPS) is 16.7. The Bertz CT molecular complexity index is 770. The zero-order chi connectivity index (χ0) is 19.5. The molecule has 0 bridgehead atoms. The number of halogens is 1. The van der Waals surface area contributed by atoms with Gasteiger partial charge in [0.15, 0.2) is 0 Å². The number of carbonyl (C=O) groups excluding carboxylic acids is 1. The van der Waals surface area contributed by atoms with Gasteiger partial charge in [-0.3, -0.25) is 4.79 Å². The molecule has 0 atom stereocenters. The van der Waals surface area contributed by atoms with Crippen molar-refractivity contribution in [3.05, 3.63) is 71.0 Å². The predicted octanol–water partition coefficient (Wildman–Crippen LogP) is 4.60. The van der Waals surface area contributed by atoms with E-state index >= 15 is 0 Å². The highest BCUT2D eigenvalue weighted by atomic mass is 19.1. The van der Waals surface area contributed by atoms with E-state index in [-0.39, 0.29) is 22.6 Å². The molecule has 144 valence electrons. The summed E-state index contributed by atoms with van der Waals surface area (Å²) in [6.07, 6.45) is 1.61. The van der Waals surface area contributed by atoms with Crippen LogP contribution in [0.1, 0.15) is 55.1 Å². The molecule has 1 amide bonds. The molecule has 1 heterocycles. The monoisotopic (exact) mass is 369 g/mol. The van der Waals surface area contributed by atoms with Crippen molar-refractivity contribution in [1.29, 1.82) is 0 Å². The molecule has 27 heavy (non-hydrogen) atoms. The Hall–Kier alpha value is -2.20. The van der Waals surface area contributed by atoms with Crippen LogP contribution in [0.5, 0.6) is 0 Å². The smallest absolute Gasteiger partial charge is 0.251 e. The number of benzene rings is 2. The Balaban J connectivity index is 1.73. The summed E-state index contributed by atoms with van der Waals surface area (Å²) < 4.78 is 18.9. The molecule has 0 aromatic heterocycles. The number of nitrogens with one attached hydrogen (secondary N) is 1. The molecule has 0 aliphatic carbocycles. The van der Waals surface area contributed by atoms with Crippen molar-refractivity contribution in [3.63, 3.8) is 0 Å². The van der Waals surface area contributed by atoms with E-state index in [0.717, 1.165) is 18.4 Å². The van der Waals surface area contributed by atoms with Gasteiger partial charge in [0.1, 0.15) is 5.82 Å². The van der Waals surface area contributed by atoms with Gasteiger partial charge in [0, 0.05) is 30.7 Å². The number of hydrogen-bond acceptors (Lipinski definition) is 2. The Labute approximate surface area is 160 Å². The maximum Gasteiger partial charge on any atom is 0.251 e. The van der Waals surface area contributed by atoms with Gasteiger partial charge in [-0.1, -0.05) is 45.0 Å². The highest BCUT2D eigenvalue weighted by molar-refractivity contribution is 5.94. The zero-order valence-electron chi connectivity index (χ0n) is 16.3. The van der Waals surface area contributed by atoms with Gasteiger partial charge in [0.05, 0.1) is 0 Å². The lowest BCUT2D eigenvalue weighted by Crippen LogP contribution is -2.44. The Morgan fingerprint density at radius 3 is 2.19 bits per heavy atom. The van der Waals surface area contributed by atoms with Crippen LogP contribution in [-0.2, 0) is 15.6 Å². The molecule has 1 N–H and O–H groups in total. The number of rotatable bonds is 4. The first-order chi connectivity index (χ1) is 12.8. The van der Waals surface area contributed by atoms with Crippen LogP contribution in [0.3, 0.4) is 0 Å². The molecule has 0 radical (unpaired) electrons. The van der Waals surface area contributed by atoms with Crippen LogP contribution in [0, 0.1) is 5.82 Å². The molecule has 1 aliphatic heterocycles. The summed E-state index contributed by atoms with van der Waals surface area (Å²) >= 11 is 0. The SMILES string of the molecule is CC(C)(C)c1ccc(C(=O)NCC2(c3ccc(F)cc3)CCOCC2)cc1. The maximum absolute atomic E-state index is 13.3. The fourth-order valence-electron chi connectivity index (χ4n) is 3.61. The van der Waals surface area contributed by atoms with Crippen molar-refractivity contribution in [2.75, 3.05) is 19.8 Å². The second-order valence-corrected chi connectivity index (χ2v) is 8.41. The third-order valence-corrected chi connectivity index (χ3v) is 5.51. The van der Waals surface area contributed by atoms with Crippen LogP contribution in [0.4, 0.5) is 4.39 Å². The Morgan fingerprint density at radius 1 is 1.04 bits per heavy atom. The first kappa shape index (κ1) is 19.6.